The fraction of sp³-hybridized carbons (Fsp3) is 0.300. The highest BCUT2D eigenvalue weighted by atomic mass is 15.5. The number of rotatable bonds is 2. The monoisotopic (exact) mass is 203 g/mol. The maximum absolute atomic E-state index is 5.60. The summed E-state index contributed by atoms with van der Waals surface area (Å²) in [6, 6.07) is 6.05. The summed E-state index contributed by atoms with van der Waals surface area (Å²) in [7, 11) is 0. The molecule has 0 aliphatic rings. The first-order valence-corrected chi connectivity index (χ1v) is 4.77. The number of aryl methyl sites for hydroxylation is 2. The van der Waals surface area contributed by atoms with E-state index in [2.05, 4.69) is 15.5 Å². The van der Waals surface area contributed by atoms with Crippen molar-refractivity contribution in [3.63, 3.8) is 0 Å². The summed E-state index contributed by atoms with van der Waals surface area (Å²) in [4.78, 5) is 0. The molecule has 0 unspecified atom stereocenters. The Hall–Kier alpha value is -1.75. The van der Waals surface area contributed by atoms with E-state index in [-0.39, 0.29) is 0 Å². The third kappa shape index (κ3) is 1.73. The highest BCUT2D eigenvalue weighted by Gasteiger charge is 2.06. The molecule has 1 aromatic heterocycles. The van der Waals surface area contributed by atoms with Gasteiger partial charge in [0.25, 0.3) is 0 Å². The lowest BCUT2D eigenvalue weighted by Gasteiger charge is -2.07. The average molecular weight is 203 g/mol. The van der Waals surface area contributed by atoms with Gasteiger partial charge in [0.2, 0.25) is 0 Å². The van der Waals surface area contributed by atoms with Gasteiger partial charge in [0.1, 0.15) is 0 Å². The van der Waals surface area contributed by atoms with Gasteiger partial charge < -0.3 is 5.73 Å². The summed E-state index contributed by atoms with van der Waals surface area (Å²) in [5.74, 6) is 0.771. The third-order valence-electron chi connectivity index (χ3n) is 2.36. The van der Waals surface area contributed by atoms with Crippen molar-refractivity contribution in [3.05, 3.63) is 35.2 Å². The second-order valence-electron chi connectivity index (χ2n) is 3.46. The van der Waals surface area contributed by atoms with E-state index in [0.717, 1.165) is 22.6 Å². The van der Waals surface area contributed by atoms with Crippen LogP contribution in [0.15, 0.2) is 18.2 Å². The van der Waals surface area contributed by atoms with Crippen LogP contribution in [-0.4, -0.2) is 20.2 Å². The smallest absolute Gasteiger partial charge is 0.153 e. The topological polar surface area (TPSA) is 69.6 Å². The number of benzene rings is 1. The van der Waals surface area contributed by atoms with Crippen LogP contribution in [0.4, 0.5) is 0 Å². The van der Waals surface area contributed by atoms with Crippen LogP contribution in [-0.2, 0) is 6.54 Å². The van der Waals surface area contributed by atoms with Gasteiger partial charge in [-0.3, -0.25) is 0 Å². The standard InChI is InChI=1S/C10H13N5/c1-7-3-4-9(6-11)5-10(7)15-8(2)12-13-14-15/h3-5H,6,11H2,1-2H3. The second kappa shape index (κ2) is 3.78. The van der Waals surface area contributed by atoms with Crippen molar-refractivity contribution in [3.8, 4) is 5.69 Å². The van der Waals surface area contributed by atoms with E-state index < -0.39 is 0 Å². The number of aromatic nitrogens is 4. The Bertz CT molecular complexity index is 474. The molecular formula is C10H13N5. The fourth-order valence-electron chi connectivity index (χ4n) is 1.46. The zero-order valence-electron chi connectivity index (χ0n) is 8.81. The largest absolute Gasteiger partial charge is 0.326 e. The van der Waals surface area contributed by atoms with Crippen LogP contribution in [0.2, 0.25) is 0 Å². The molecule has 2 rings (SSSR count). The lowest BCUT2D eigenvalue weighted by molar-refractivity contribution is 0.773. The number of nitrogens with zero attached hydrogens (tertiary/aromatic N) is 4. The van der Waals surface area contributed by atoms with E-state index >= 15 is 0 Å². The Morgan fingerprint density at radius 2 is 2.13 bits per heavy atom. The molecule has 5 nitrogen and oxygen atoms in total. The molecule has 0 amide bonds. The molecular weight excluding hydrogens is 190 g/mol. The van der Waals surface area contributed by atoms with Crippen LogP contribution in [0.5, 0.6) is 0 Å². The van der Waals surface area contributed by atoms with Crippen molar-refractivity contribution >= 4 is 0 Å². The molecule has 0 saturated carbocycles. The van der Waals surface area contributed by atoms with Gasteiger partial charge in [0.15, 0.2) is 5.82 Å². The van der Waals surface area contributed by atoms with Gasteiger partial charge in [0.05, 0.1) is 5.69 Å². The molecule has 0 bridgehead atoms. The van der Waals surface area contributed by atoms with Crippen LogP contribution >= 0.6 is 0 Å². The normalized spacial score (nSPS) is 10.6. The Kier molecular flexibility index (Phi) is 2.47. The summed E-state index contributed by atoms with van der Waals surface area (Å²) >= 11 is 0. The maximum Gasteiger partial charge on any atom is 0.153 e. The molecule has 2 N–H and O–H groups in total. The molecule has 0 radical (unpaired) electrons. The molecule has 2 aromatic rings. The highest BCUT2D eigenvalue weighted by Crippen LogP contribution is 2.15. The minimum Gasteiger partial charge on any atom is -0.326 e. The van der Waals surface area contributed by atoms with Crippen molar-refractivity contribution in [1.82, 2.24) is 20.2 Å². The molecule has 0 saturated heterocycles. The molecule has 15 heavy (non-hydrogen) atoms. The summed E-state index contributed by atoms with van der Waals surface area (Å²) in [6.45, 7) is 4.42. The molecule has 0 fully saturated rings. The van der Waals surface area contributed by atoms with Gasteiger partial charge in [-0.15, -0.1) is 5.10 Å². The Labute approximate surface area is 87.9 Å². The van der Waals surface area contributed by atoms with Gasteiger partial charge in [-0.2, -0.15) is 4.68 Å². The Morgan fingerprint density at radius 1 is 1.33 bits per heavy atom. The highest BCUT2D eigenvalue weighted by molar-refractivity contribution is 5.42. The van der Waals surface area contributed by atoms with Crippen molar-refractivity contribution in [1.29, 1.82) is 0 Å². The predicted octanol–water partition coefficient (Wildman–Crippen LogP) is 0.738. The Balaban J connectivity index is 2.56. The van der Waals surface area contributed by atoms with Crippen LogP contribution in [0.25, 0.3) is 5.69 Å². The molecule has 78 valence electrons. The van der Waals surface area contributed by atoms with Crippen molar-refractivity contribution in [2.24, 2.45) is 5.73 Å². The predicted molar refractivity (Wildman–Crippen MR) is 56.5 cm³/mol. The zero-order valence-corrected chi connectivity index (χ0v) is 8.81. The summed E-state index contributed by atoms with van der Waals surface area (Å²) in [5.41, 5.74) is 8.79. The number of hydrogen-bond acceptors (Lipinski definition) is 4. The minimum atomic E-state index is 0.522. The van der Waals surface area contributed by atoms with E-state index in [4.69, 9.17) is 5.73 Å². The molecule has 0 aliphatic heterocycles. The van der Waals surface area contributed by atoms with Crippen LogP contribution in [0.1, 0.15) is 17.0 Å². The lowest BCUT2D eigenvalue weighted by Crippen LogP contribution is -2.04. The fourth-order valence-corrected chi connectivity index (χ4v) is 1.46. The van der Waals surface area contributed by atoms with Crippen LogP contribution in [0.3, 0.4) is 0 Å². The minimum absolute atomic E-state index is 0.522. The first-order chi connectivity index (χ1) is 7.22. The SMILES string of the molecule is Cc1ccc(CN)cc1-n1nnnc1C. The van der Waals surface area contributed by atoms with Gasteiger partial charge in [-0.05, 0) is 41.5 Å². The average Bonchev–Trinajstić information content (AvgIpc) is 2.65. The third-order valence-corrected chi connectivity index (χ3v) is 2.36. The molecule has 1 heterocycles. The van der Waals surface area contributed by atoms with Crippen molar-refractivity contribution < 1.29 is 0 Å². The van der Waals surface area contributed by atoms with Gasteiger partial charge in [0, 0.05) is 6.54 Å². The quantitative estimate of drug-likeness (QED) is 0.781. The second-order valence-corrected chi connectivity index (χ2v) is 3.46. The van der Waals surface area contributed by atoms with E-state index in [1.165, 1.54) is 0 Å². The molecule has 5 heteroatoms. The van der Waals surface area contributed by atoms with Crippen molar-refractivity contribution in [2.75, 3.05) is 0 Å². The summed E-state index contributed by atoms with van der Waals surface area (Å²) in [5, 5.41) is 11.4. The molecule has 0 spiro atoms. The summed E-state index contributed by atoms with van der Waals surface area (Å²) < 4.78 is 1.72. The first-order valence-electron chi connectivity index (χ1n) is 4.77. The van der Waals surface area contributed by atoms with E-state index in [1.807, 2.05) is 32.0 Å². The van der Waals surface area contributed by atoms with Crippen LogP contribution < -0.4 is 5.73 Å². The van der Waals surface area contributed by atoms with E-state index in [9.17, 15) is 0 Å². The van der Waals surface area contributed by atoms with Gasteiger partial charge >= 0.3 is 0 Å². The maximum atomic E-state index is 5.60. The number of tetrazole rings is 1. The number of nitrogens with two attached hydrogens (primary N) is 1. The van der Waals surface area contributed by atoms with Gasteiger partial charge in [-0.1, -0.05) is 12.1 Å². The Morgan fingerprint density at radius 3 is 2.73 bits per heavy atom. The number of hydrogen-bond donors (Lipinski definition) is 1. The van der Waals surface area contributed by atoms with E-state index in [0.29, 0.717) is 6.54 Å². The van der Waals surface area contributed by atoms with E-state index in [1.54, 1.807) is 4.68 Å². The first kappa shape index (κ1) is 9.79. The molecule has 0 atom stereocenters. The molecule has 1 aromatic carbocycles. The van der Waals surface area contributed by atoms with Gasteiger partial charge in [-0.25, -0.2) is 0 Å². The molecule has 0 aliphatic carbocycles. The van der Waals surface area contributed by atoms with Crippen LogP contribution in [0, 0.1) is 13.8 Å². The zero-order chi connectivity index (χ0) is 10.8. The lowest BCUT2D eigenvalue weighted by atomic mass is 10.1. The summed E-state index contributed by atoms with van der Waals surface area (Å²) in [6.07, 6.45) is 0. The van der Waals surface area contributed by atoms with Crippen molar-refractivity contribution in [2.45, 2.75) is 20.4 Å².